The highest BCUT2D eigenvalue weighted by Gasteiger charge is 2.58. The van der Waals surface area contributed by atoms with Gasteiger partial charge in [-0.3, -0.25) is 0 Å². The topological polar surface area (TPSA) is 0 Å². The molecule has 0 nitrogen and oxygen atoms in total. The van der Waals surface area contributed by atoms with Gasteiger partial charge in [-0.05, 0) is 116 Å². The molecule has 3 saturated carbocycles. The van der Waals surface area contributed by atoms with E-state index in [2.05, 4.69) is 54.5 Å². The van der Waals surface area contributed by atoms with Crippen LogP contribution in [0.2, 0.25) is 0 Å². The van der Waals surface area contributed by atoms with Gasteiger partial charge in [0.2, 0.25) is 0 Å². The fourth-order valence-electron chi connectivity index (χ4n) is 9.51. The molecule has 0 saturated heterocycles. The molecule has 32 heavy (non-hydrogen) atoms. The maximum absolute atomic E-state index is 2.76. The third kappa shape index (κ3) is 4.64. The van der Waals surface area contributed by atoms with Crippen molar-refractivity contribution in [3.63, 3.8) is 0 Å². The summed E-state index contributed by atoms with van der Waals surface area (Å²) in [6.07, 6.45) is 18.9. The molecule has 0 aliphatic heterocycles. The Morgan fingerprint density at radius 1 is 0.938 bits per heavy atom. The summed E-state index contributed by atoms with van der Waals surface area (Å²) < 4.78 is 0. The highest BCUT2D eigenvalue weighted by molar-refractivity contribution is 5.25. The van der Waals surface area contributed by atoms with Crippen molar-refractivity contribution in [2.75, 3.05) is 0 Å². The van der Waals surface area contributed by atoms with Crippen LogP contribution in [0.5, 0.6) is 0 Å². The van der Waals surface area contributed by atoms with E-state index in [-0.39, 0.29) is 0 Å². The third-order valence-electron chi connectivity index (χ3n) is 11.6. The molecule has 9 unspecified atom stereocenters. The first-order valence-electron chi connectivity index (χ1n) is 14.9. The predicted octanol–water partition coefficient (Wildman–Crippen LogP) is 10.3. The molecular weight excluding hydrogens is 384 g/mol. The van der Waals surface area contributed by atoms with Gasteiger partial charge in [-0.2, -0.15) is 0 Å². The molecule has 0 amide bonds. The van der Waals surface area contributed by atoms with Crippen LogP contribution in [0.1, 0.15) is 133 Å². The fraction of sp³-hybridized carbons (Fsp3) is 0.938. The Hall–Kier alpha value is -0.260. The largest absolute Gasteiger partial charge is 0.0845 e. The molecular formula is C32H58. The Kier molecular flexibility index (Phi) is 8.69. The Balaban J connectivity index is 0.00000141. The molecule has 9 atom stereocenters. The fourth-order valence-corrected chi connectivity index (χ4v) is 9.51. The second-order valence-electron chi connectivity index (χ2n) is 13.3. The zero-order chi connectivity index (χ0) is 23.7. The van der Waals surface area contributed by atoms with Gasteiger partial charge in [-0.15, -0.1) is 0 Å². The molecule has 186 valence electrons. The summed E-state index contributed by atoms with van der Waals surface area (Å²) in [5, 5.41) is 0. The minimum absolute atomic E-state index is 0.548. The van der Waals surface area contributed by atoms with Crippen molar-refractivity contribution in [3.8, 4) is 0 Å². The molecule has 0 radical (unpaired) electrons. The van der Waals surface area contributed by atoms with Gasteiger partial charge in [0, 0.05) is 0 Å². The van der Waals surface area contributed by atoms with Crippen molar-refractivity contribution in [2.45, 2.75) is 133 Å². The van der Waals surface area contributed by atoms with Gasteiger partial charge >= 0.3 is 0 Å². The summed E-state index contributed by atoms with van der Waals surface area (Å²) in [6.45, 7) is 21.8. The van der Waals surface area contributed by atoms with Gasteiger partial charge in [0.15, 0.2) is 0 Å². The number of rotatable bonds is 6. The number of hydrogen-bond acceptors (Lipinski definition) is 0. The molecule has 0 aromatic carbocycles. The lowest BCUT2D eigenvalue weighted by Crippen LogP contribution is -2.50. The van der Waals surface area contributed by atoms with Gasteiger partial charge in [0.25, 0.3) is 0 Å². The molecule has 4 aliphatic rings. The van der Waals surface area contributed by atoms with Crippen LogP contribution < -0.4 is 0 Å². The van der Waals surface area contributed by atoms with Gasteiger partial charge in [-0.25, -0.2) is 0 Å². The maximum Gasteiger partial charge on any atom is -0.00851 e. The number of hydrogen-bond donors (Lipinski definition) is 0. The van der Waals surface area contributed by atoms with Crippen LogP contribution in [-0.2, 0) is 0 Å². The van der Waals surface area contributed by atoms with Gasteiger partial charge in [0.05, 0.1) is 0 Å². The summed E-state index contributed by atoms with van der Waals surface area (Å²) in [4.78, 5) is 0. The molecule has 0 heteroatoms. The van der Waals surface area contributed by atoms with E-state index >= 15 is 0 Å². The Morgan fingerprint density at radius 2 is 1.66 bits per heavy atom. The van der Waals surface area contributed by atoms with Gasteiger partial charge in [-0.1, -0.05) is 86.8 Å². The maximum atomic E-state index is 2.76. The number of fused-ring (bicyclic) bond motifs is 5. The Labute approximate surface area is 202 Å². The summed E-state index contributed by atoms with van der Waals surface area (Å²) in [7, 11) is 0. The third-order valence-corrected chi connectivity index (χ3v) is 11.6. The van der Waals surface area contributed by atoms with E-state index in [0.29, 0.717) is 10.8 Å². The lowest BCUT2D eigenvalue weighted by molar-refractivity contribution is -0.0525. The zero-order valence-electron chi connectivity index (χ0n) is 23.5. The van der Waals surface area contributed by atoms with Crippen LogP contribution in [-0.4, -0.2) is 0 Å². The average molecular weight is 443 g/mol. The van der Waals surface area contributed by atoms with Crippen molar-refractivity contribution in [3.05, 3.63) is 11.6 Å². The SMILES string of the molecule is CC.CCC(CCC(C)C1CCC2C3CC=C4CC(C)CCC4(C)C3CCC12C)C(C)C. The summed E-state index contributed by atoms with van der Waals surface area (Å²) in [6, 6.07) is 0. The summed E-state index contributed by atoms with van der Waals surface area (Å²) in [5.41, 5.74) is 3.05. The number of allylic oxidation sites excluding steroid dienone is 2. The Bertz CT molecular complexity index is 628. The van der Waals surface area contributed by atoms with Crippen LogP contribution in [0.4, 0.5) is 0 Å². The van der Waals surface area contributed by atoms with E-state index in [1.54, 1.807) is 0 Å². The molecule has 3 fully saturated rings. The molecule has 4 rings (SSSR count). The van der Waals surface area contributed by atoms with Crippen LogP contribution in [0.15, 0.2) is 11.6 Å². The normalized spacial score (nSPS) is 42.7. The van der Waals surface area contributed by atoms with E-state index in [4.69, 9.17) is 0 Å². The predicted molar refractivity (Wildman–Crippen MR) is 143 cm³/mol. The Morgan fingerprint density at radius 3 is 2.31 bits per heavy atom. The highest BCUT2D eigenvalue weighted by atomic mass is 14.6. The van der Waals surface area contributed by atoms with Crippen LogP contribution in [0.3, 0.4) is 0 Å². The van der Waals surface area contributed by atoms with E-state index in [1.165, 1.54) is 70.6 Å². The van der Waals surface area contributed by atoms with Crippen LogP contribution >= 0.6 is 0 Å². The highest BCUT2D eigenvalue weighted by Crippen LogP contribution is 2.67. The summed E-state index contributed by atoms with van der Waals surface area (Å²) in [5.74, 6) is 7.59. The first kappa shape index (κ1) is 26.3. The molecule has 0 heterocycles. The quantitative estimate of drug-likeness (QED) is 0.359. The van der Waals surface area contributed by atoms with Crippen molar-refractivity contribution in [1.29, 1.82) is 0 Å². The molecule has 4 aliphatic carbocycles. The first-order valence-corrected chi connectivity index (χ1v) is 14.9. The smallest absolute Gasteiger partial charge is 0.00851 e. The standard InChI is InChI=1S/C30H52.C2H6/c1-8-23(20(2)3)10-9-22(5)26-13-14-27-25-12-11-24-19-21(4)15-17-29(24,6)28(25)16-18-30(26,27)7;1-2/h11,20-23,25-28H,8-10,12-19H2,1-7H3;1-2H3. The average Bonchev–Trinajstić information content (AvgIpc) is 3.13. The molecule has 0 bridgehead atoms. The minimum atomic E-state index is 0.548. The van der Waals surface area contributed by atoms with Crippen LogP contribution in [0.25, 0.3) is 0 Å². The van der Waals surface area contributed by atoms with E-state index in [9.17, 15) is 0 Å². The lowest BCUT2D eigenvalue weighted by Gasteiger charge is -2.58. The van der Waals surface area contributed by atoms with E-state index < -0.39 is 0 Å². The van der Waals surface area contributed by atoms with E-state index in [0.717, 1.165) is 47.3 Å². The van der Waals surface area contributed by atoms with Gasteiger partial charge < -0.3 is 0 Å². The molecule has 0 N–H and O–H groups in total. The molecule has 0 aromatic heterocycles. The van der Waals surface area contributed by atoms with Crippen LogP contribution in [0, 0.1) is 58.2 Å². The lowest BCUT2D eigenvalue weighted by atomic mass is 9.46. The second-order valence-corrected chi connectivity index (χ2v) is 13.3. The van der Waals surface area contributed by atoms with E-state index in [1.807, 2.05) is 19.4 Å². The minimum Gasteiger partial charge on any atom is -0.0845 e. The zero-order valence-corrected chi connectivity index (χ0v) is 23.5. The van der Waals surface area contributed by atoms with Crippen molar-refractivity contribution >= 4 is 0 Å². The molecule has 0 spiro atoms. The monoisotopic (exact) mass is 442 g/mol. The summed E-state index contributed by atoms with van der Waals surface area (Å²) >= 11 is 0. The van der Waals surface area contributed by atoms with Crippen molar-refractivity contribution in [2.24, 2.45) is 58.2 Å². The molecule has 0 aromatic rings. The first-order chi connectivity index (χ1) is 15.2. The van der Waals surface area contributed by atoms with Crippen molar-refractivity contribution < 1.29 is 0 Å². The second kappa shape index (κ2) is 10.6. The van der Waals surface area contributed by atoms with Crippen molar-refractivity contribution in [1.82, 2.24) is 0 Å². The van der Waals surface area contributed by atoms with Gasteiger partial charge in [0.1, 0.15) is 0 Å².